The molecular formula is C12H5Cl8N3. The van der Waals surface area contributed by atoms with Crippen molar-refractivity contribution in [1.82, 2.24) is 15.0 Å². The third-order valence-corrected chi connectivity index (χ3v) is 4.08. The minimum Gasteiger partial charge on any atom is -0.209 e. The molecule has 0 aliphatic heterocycles. The normalized spacial score (nSPS) is 12.7. The lowest BCUT2D eigenvalue weighted by Gasteiger charge is -2.15. The lowest BCUT2D eigenvalue weighted by molar-refractivity contribution is 0.851. The summed E-state index contributed by atoms with van der Waals surface area (Å²) < 4.78 is -3.81. The van der Waals surface area contributed by atoms with E-state index >= 15 is 0 Å². The first-order valence-electron chi connectivity index (χ1n) is 5.77. The summed E-state index contributed by atoms with van der Waals surface area (Å²) in [7, 11) is 0. The Labute approximate surface area is 172 Å². The highest BCUT2D eigenvalue weighted by Crippen LogP contribution is 2.40. The Balaban J connectivity index is 2.57. The molecule has 1 aromatic carbocycles. The van der Waals surface area contributed by atoms with Crippen molar-refractivity contribution in [2.75, 3.05) is 0 Å². The van der Waals surface area contributed by atoms with Gasteiger partial charge >= 0.3 is 0 Å². The molecule has 3 nitrogen and oxygen atoms in total. The molecule has 2 aromatic rings. The summed E-state index contributed by atoms with van der Waals surface area (Å²) in [6.45, 7) is 0. The van der Waals surface area contributed by atoms with Crippen LogP contribution >= 0.6 is 92.8 Å². The Hall–Kier alpha value is 0.550. The van der Waals surface area contributed by atoms with Crippen LogP contribution in [0.15, 0.2) is 24.3 Å². The van der Waals surface area contributed by atoms with Crippen LogP contribution < -0.4 is 0 Å². The first-order chi connectivity index (χ1) is 10.5. The minimum absolute atomic E-state index is 0.162. The Kier molecular flexibility index (Phi) is 6.42. The van der Waals surface area contributed by atoms with E-state index in [2.05, 4.69) is 15.0 Å². The molecule has 11 heteroatoms. The lowest BCUT2D eigenvalue weighted by Crippen LogP contribution is -2.16. The van der Waals surface area contributed by atoms with Crippen LogP contribution in [0.2, 0.25) is 0 Å². The van der Waals surface area contributed by atoms with Crippen LogP contribution in [0.5, 0.6) is 0 Å². The fourth-order valence-corrected chi connectivity index (χ4v) is 2.33. The molecular weight excluding hydrogens is 470 g/mol. The number of hydrogen-bond acceptors (Lipinski definition) is 3. The van der Waals surface area contributed by atoms with E-state index in [4.69, 9.17) is 92.8 Å². The molecule has 0 bridgehead atoms. The van der Waals surface area contributed by atoms with E-state index in [0.29, 0.717) is 11.1 Å². The van der Waals surface area contributed by atoms with Gasteiger partial charge in [-0.15, -0.1) is 23.2 Å². The summed E-state index contributed by atoms with van der Waals surface area (Å²) in [5.41, 5.74) is 1.28. The van der Waals surface area contributed by atoms with E-state index in [1.54, 1.807) is 24.3 Å². The zero-order chi connectivity index (χ0) is 17.4. The zero-order valence-corrected chi connectivity index (χ0v) is 16.8. The highest BCUT2D eigenvalue weighted by molar-refractivity contribution is 6.67. The lowest BCUT2D eigenvalue weighted by atomic mass is 10.1. The average Bonchev–Trinajstić information content (AvgIpc) is 2.45. The maximum absolute atomic E-state index is 5.82. The van der Waals surface area contributed by atoms with Crippen molar-refractivity contribution in [3.05, 3.63) is 41.5 Å². The van der Waals surface area contributed by atoms with Gasteiger partial charge in [-0.2, -0.15) is 0 Å². The van der Waals surface area contributed by atoms with Crippen molar-refractivity contribution in [1.29, 1.82) is 0 Å². The maximum Gasteiger partial charge on any atom is 0.250 e. The van der Waals surface area contributed by atoms with Crippen LogP contribution in [-0.2, 0) is 7.59 Å². The van der Waals surface area contributed by atoms with Gasteiger partial charge in [0.2, 0.25) is 7.59 Å². The Morgan fingerprint density at radius 2 is 1.13 bits per heavy atom. The van der Waals surface area contributed by atoms with E-state index in [-0.39, 0.29) is 17.5 Å². The summed E-state index contributed by atoms with van der Waals surface area (Å²) >= 11 is 46.5. The van der Waals surface area contributed by atoms with Gasteiger partial charge in [-0.25, -0.2) is 15.0 Å². The van der Waals surface area contributed by atoms with Gasteiger partial charge in [0.25, 0.3) is 0 Å². The summed E-state index contributed by atoms with van der Waals surface area (Å²) in [6.07, 6.45) is 0. The third-order valence-electron chi connectivity index (χ3n) is 2.56. The molecule has 0 saturated carbocycles. The van der Waals surface area contributed by atoms with E-state index in [1.165, 1.54) is 0 Å². The van der Waals surface area contributed by atoms with Crippen molar-refractivity contribution >= 4 is 92.8 Å². The van der Waals surface area contributed by atoms with Gasteiger partial charge in [0, 0.05) is 5.56 Å². The quantitative estimate of drug-likeness (QED) is 0.456. The smallest absolute Gasteiger partial charge is 0.209 e. The van der Waals surface area contributed by atoms with Crippen LogP contribution in [0.4, 0.5) is 0 Å². The molecule has 1 aromatic heterocycles. The van der Waals surface area contributed by atoms with E-state index in [1.807, 2.05) is 0 Å². The molecule has 0 fully saturated rings. The Morgan fingerprint density at radius 3 is 1.48 bits per heavy atom. The first kappa shape index (κ1) is 19.9. The number of benzene rings is 1. The predicted octanol–water partition coefficient (Wildman–Crippen LogP) is 6.67. The first-order valence-corrected chi connectivity index (χ1v) is 8.91. The summed E-state index contributed by atoms with van der Waals surface area (Å²) in [5.74, 6) is -0.147. The zero-order valence-electron chi connectivity index (χ0n) is 10.8. The standard InChI is InChI=1S/C12H5Cl8N3/c13-7(14)5-1-3-6(4-2-5)8-21-9(11(15,16)17)23-10(22-8)12(18,19)20/h1-4,7H. The molecule has 0 atom stereocenters. The summed E-state index contributed by atoms with van der Waals surface area (Å²) in [5, 5.41) is 0. The van der Waals surface area contributed by atoms with Crippen molar-refractivity contribution in [3.8, 4) is 11.4 Å². The van der Waals surface area contributed by atoms with Crippen LogP contribution in [0.1, 0.15) is 22.0 Å². The van der Waals surface area contributed by atoms with Gasteiger partial charge < -0.3 is 0 Å². The molecule has 0 spiro atoms. The number of aromatic nitrogens is 3. The van der Waals surface area contributed by atoms with Crippen LogP contribution in [0.25, 0.3) is 11.4 Å². The van der Waals surface area contributed by atoms with Gasteiger partial charge in [0.15, 0.2) is 17.5 Å². The van der Waals surface area contributed by atoms with Gasteiger partial charge in [0.1, 0.15) is 4.84 Å². The van der Waals surface area contributed by atoms with E-state index in [9.17, 15) is 0 Å². The highest BCUT2D eigenvalue weighted by Gasteiger charge is 2.34. The minimum atomic E-state index is -1.90. The van der Waals surface area contributed by atoms with Gasteiger partial charge in [-0.1, -0.05) is 93.9 Å². The van der Waals surface area contributed by atoms with Crippen molar-refractivity contribution in [3.63, 3.8) is 0 Å². The van der Waals surface area contributed by atoms with Crippen LogP contribution in [0.3, 0.4) is 0 Å². The predicted molar refractivity (Wildman–Crippen MR) is 98.2 cm³/mol. The molecule has 0 unspecified atom stereocenters. The van der Waals surface area contributed by atoms with Crippen LogP contribution in [0, 0.1) is 0 Å². The van der Waals surface area contributed by atoms with E-state index in [0.717, 1.165) is 0 Å². The fraction of sp³-hybridized carbons (Fsp3) is 0.250. The summed E-state index contributed by atoms with van der Waals surface area (Å²) in [4.78, 5) is 11.4. The summed E-state index contributed by atoms with van der Waals surface area (Å²) in [6, 6.07) is 6.78. The maximum atomic E-state index is 5.82. The van der Waals surface area contributed by atoms with Gasteiger partial charge in [0.05, 0.1) is 0 Å². The number of hydrogen-bond donors (Lipinski definition) is 0. The van der Waals surface area contributed by atoms with Crippen LogP contribution in [-0.4, -0.2) is 15.0 Å². The monoisotopic (exact) mass is 471 g/mol. The second-order valence-electron chi connectivity index (χ2n) is 4.22. The largest absolute Gasteiger partial charge is 0.250 e. The Bertz CT molecular complexity index is 659. The number of nitrogens with zero attached hydrogens (tertiary/aromatic N) is 3. The van der Waals surface area contributed by atoms with E-state index < -0.39 is 12.4 Å². The second kappa shape index (κ2) is 7.43. The SMILES string of the molecule is ClC(Cl)c1ccc(-c2nc(C(Cl)(Cl)Cl)nc(C(Cl)(Cl)Cl)n2)cc1. The Morgan fingerprint density at radius 1 is 0.696 bits per heavy atom. The second-order valence-corrected chi connectivity index (χ2v) is 9.88. The molecule has 23 heavy (non-hydrogen) atoms. The molecule has 0 radical (unpaired) electrons. The molecule has 0 saturated heterocycles. The number of alkyl halides is 8. The van der Waals surface area contributed by atoms with Crippen molar-refractivity contribution in [2.24, 2.45) is 0 Å². The van der Waals surface area contributed by atoms with Gasteiger partial charge in [-0.3, -0.25) is 0 Å². The number of halogens is 8. The molecule has 1 heterocycles. The average molecular weight is 475 g/mol. The molecule has 0 aliphatic carbocycles. The molecule has 0 N–H and O–H groups in total. The molecule has 2 rings (SSSR count). The fourth-order valence-electron chi connectivity index (χ4n) is 1.54. The highest BCUT2D eigenvalue weighted by atomic mass is 35.6. The van der Waals surface area contributed by atoms with Crippen molar-refractivity contribution < 1.29 is 0 Å². The topological polar surface area (TPSA) is 38.7 Å². The molecule has 124 valence electrons. The third kappa shape index (κ3) is 5.26. The van der Waals surface area contributed by atoms with Gasteiger partial charge in [-0.05, 0) is 5.56 Å². The van der Waals surface area contributed by atoms with Crippen molar-refractivity contribution in [2.45, 2.75) is 12.4 Å². The molecule has 0 amide bonds. The molecule has 0 aliphatic rings. The number of rotatable bonds is 2.